The second kappa shape index (κ2) is 11.7. The Labute approximate surface area is 251 Å². The van der Waals surface area contributed by atoms with Crippen molar-refractivity contribution in [3.05, 3.63) is 63.8 Å². The van der Waals surface area contributed by atoms with Gasteiger partial charge in [-0.3, -0.25) is 9.59 Å². The lowest BCUT2D eigenvalue weighted by Gasteiger charge is -2.41. The first-order valence-electron chi connectivity index (χ1n) is 14.2. The number of aromatic amines is 1. The second-order valence-electron chi connectivity index (χ2n) is 10.9. The molecule has 3 aromatic rings. The van der Waals surface area contributed by atoms with Crippen LogP contribution in [0.1, 0.15) is 40.9 Å². The number of hydrogen-bond donors (Lipinski definition) is 1. The summed E-state index contributed by atoms with van der Waals surface area (Å²) in [5.41, 5.74) is -3.77. The van der Waals surface area contributed by atoms with Gasteiger partial charge in [0, 0.05) is 44.9 Å². The molecule has 11 nitrogen and oxygen atoms in total. The van der Waals surface area contributed by atoms with Crippen molar-refractivity contribution in [2.45, 2.75) is 43.7 Å². The molecule has 0 saturated carbocycles. The molecule has 1 amide bonds. The van der Waals surface area contributed by atoms with Crippen molar-refractivity contribution in [1.82, 2.24) is 25.1 Å². The molecule has 240 valence electrons. The van der Waals surface area contributed by atoms with Crippen molar-refractivity contribution in [3.63, 3.8) is 0 Å². The Morgan fingerprint density at radius 2 is 1.87 bits per heavy atom. The minimum Gasteiger partial charge on any atom is -0.490 e. The smallest absolute Gasteiger partial charge is 0.423 e. The number of nitrogens with one attached hydrogen (secondary N) is 1. The van der Waals surface area contributed by atoms with Gasteiger partial charge in [-0.15, -0.1) is 0 Å². The Kier molecular flexibility index (Phi) is 7.95. The number of alkyl halides is 6. The SMILES string of the molecule is O=C(c1cccc(OC[C@@H]2CCCN2c2cn[nH]c(=O)c2C(F)(F)F)n1)N1CCN2c3ncc(C(F)(F)F)cc3OCCC2C1. The summed E-state index contributed by atoms with van der Waals surface area (Å²) in [6.45, 7) is 1.22. The topological polar surface area (TPSA) is 117 Å². The molecule has 3 aromatic heterocycles. The molecule has 0 aromatic carbocycles. The number of rotatable bonds is 5. The maximum atomic E-state index is 13.6. The number of anilines is 2. The summed E-state index contributed by atoms with van der Waals surface area (Å²) in [5.74, 6) is 0.0698. The molecule has 45 heavy (non-hydrogen) atoms. The number of aromatic nitrogens is 4. The van der Waals surface area contributed by atoms with Crippen LogP contribution in [0.3, 0.4) is 0 Å². The van der Waals surface area contributed by atoms with Crippen LogP contribution in [-0.4, -0.2) is 82.4 Å². The maximum absolute atomic E-state index is 13.6. The average Bonchev–Trinajstić information content (AvgIpc) is 3.39. The fourth-order valence-corrected chi connectivity index (χ4v) is 5.95. The van der Waals surface area contributed by atoms with Gasteiger partial charge < -0.3 is 24.2 Å². The summed E-state index contributed by atoms with van der Waals surface area (Å²) in [7, 11) is 0. The van der Waals surface area contributed by atoms with Crippen LogP contribution >= 0.6 is 0 Å². The maximum Gasteiger partial charge on any atom is 0.423 e. The van der Waals surface area contributed by atoms with E-state index in [2.05, 4.69) is 15.1 Å². The van der Waals surface area contributed by atoms with Gasteiger partial charge >= 0.3 is 12.4 Å². The first-order chi connectivity index (χ1) is 21.4. The summed E-state index contributed by atoms with van der Waals surface area (Å²) in [4.78, 5) is 38.7. The predicted molar refractivity (Wildman–Crippen MR) is 146 cm³/mol. The Morgan fingerprint density at radius 3 is 2.64 bits per heavy atom. The van der Waals surface area contributed by atoms with Crippen LogP contribution < -0.4 is 24.8 Å². The summed E-state index contributed by atoms with van der Waals surface area (Å²) < 4.78 is 91.9. The molecule has 1 N–H and O–H groups in total. The van der Waals surface area contributed by atoms with E-state index in [0.717, 1.165) is 18.5 Å². The zero-order valence-corrected chi connectivity index (χ0v) is 23.6. The largest absolute Gasteiger partial charge is 0.490 e. The third-order valence-electron chi connectivity index (χ3n) is 8.08. The summed E-state index contributed by atoms with van der Waals surface area (Å²) in [6.07, 6.45) is -6.14. The number of H-pyrrole nitrogens is 1. The van der Waals surface area contributed by atoms with Crippen LogP contribution in [0, 0.1) is 0 Å². The fourth-order valence-electron chi connectivity index (χ4n) is 5.95. The molecular weight excluding hydrogens is 612 g/mol. The normalized spacial score (nSPS) is 20.3. The Balaban J connectivity index is 1.12. The summed E-state index contributed by atoms with van der Waals surface area (Å²) >= 11 is 0. The van der Waals surface area contributed by atoms with Gasteiger partial charge in [0.05, 0.1) is 36.1 Å². The number of amides is 1. The first-order valence-corrected chi connectivity index (χ1v) is 14.2. The third kappa shape index (κ3) is 6.20. The van der Waals surface area contributed by atoms with E-state index >= 15 is 0 Å². The number of ether oxygens (including phenoxy) is 2. The number of piperazine rings is 1. The highest BCUT2D eigenvalue weighted by Crippen LogP contribution is 2.39. The van der Waals surface area contributed by atoms with Crippen LogP contribution in [0.25, 0.3) is 0 Å². The van der Waals surface area contributed by atoms with Crippen LogP contribution in [0.15, 0.2) is 41.5 Å². The van der Waals surface area contributed by atoms with Gasteiger partial charge in [-0.25, -0.2) is 15.1 Å². The molecule has 1 unspecified atom stereocenters. The van der Waals surface area contributed by atoms with Crippen molar-refractivity contribution in [2.75, 3.05) is 49.2 Å². The van der Waals surface area contributed by atoms with Crippen molar-refractivity contribution >= 4 is 17.4 Å². The van der Waals surface area contributed by atoms with Gasteiger partial charge in [-0.05, 0) is 25.0 Å². The lowest BCUT2D eigenvalue weighted by molar-refractivity contribution is -0.139. The zero-order chi connectivity index (χ0) is 31.9. The number of nitrogens with zero attached hydrogens (tertiary/aromatic N) is 6. The number of pyridine rings is 2. The minimum absolute atomic E-state index is 0.0437. The van der Waals surface area contributed by atoms with Crippen molar-refractivity contribution in [3.8, 4) is 11.6 Å². The van der Waals surface area contributed by atoms with E-state index in [1.54, 1.807) is 11.0 Å². The molecule has 0 spiro atoms. The van der Waals surface area contributed by atoms with Gasteiger partial charge in [0.25, 0.3) is 11.5 Å². The minimum atomic E-state index is -4.87. The van der Waals surface area contributed by atoms with E-state index in [1.165, 1.54) is 17.0 Å². The van der Waals surface area contributed by atoms with Crippen molar-refractivity contribution in [1.29, 1.82) is 0 Å². The molecule has 2 fully saturated rings. The average molecular weight is 640 g/mol. The Bertz CT molecular complexity index is 1630. The molecule has 0 bridgehead atoms. The van der Waals surface area contributed by atoms with Crippen LogP contribution in [0.4, 0.5) is 37.8 Å². The third-order valence-corrected chi connectivity index (χ3v) is 8.08. The summed E-state index contributed by atoms with van der Waals surface area (Å²) in [5, 5.41) is 5.39. The first kappa shape index (κ1) is 30.5. The Morgan fingerprint density at radius 1 is 1.04 bits per heavy atom. The second-order valence-corrected chi connectivity index (χ2v) is 10.9. The molecule has 0 radical (unpaired) electrons. The van der Waals surface area contributed by atoms with E-state index < -0.39 is 35.1 Å². The monoisotopic (exact) mass is 639 g/mol. The molecule has 2 saturated heterocycles. The van der Waals surface area contributed by atoms with E-state index in [1.807, 2.05) is 10.00 Å². The molecular formula is C28H27F6N7O4. The predicted octanol–water partition coefficient (Wildman–Crippen LogP) is 3.76. The number of carbonyl (C=O) groups excluding carboxylic acids is 1. The fraction of sp³-hybridized carbons (Fsp3) is 0.464. The van der Waals surface area contributed by atoms with Gasteiger partial charge in [-0.2, -0.15) is 31.4 Å². The quantitative estimate of drug-likeness (QED) is 0.417. The van der Waals surface area contributed by atoms with Crippen LogP contribution in [0.2, 0.25) is 0 Å². The highest BCUT2D eigenvalue weighted by Gasteiger charge is 2.41. The zero-order valence-electron chi connectivity index (χ0n) is 23.6. The number of halogens is 6. The standard InChI is InChI=1S/C28H27F6N7O4/c29-27(30,31)16-11-21-24(35-12-16)41-9-8-39(14-17(41)6-10-44-21)26(43)19-4-1-5-22(37-19)45-15-18-3-2-7-40(18)20-13-36-38-25(42)23(20)28(32,33)34/h1,4-5,11-13,17-18H,2-3,6-10,14-15H2,(H,38,42)/t17?,18-/m0/s1. The van der Waals surface area contributed by atoms with E-state index in [0.29, 0.717) is 31.6 Å². The molecule has 3 aliphatic rings. The molecule has 17 heteroatoms. The van der Waals surface area contributed by atoms with Crippen LogP contribution in [-0.2, 0) is 12.4 Å². The Hall–Kier alpha value is -4.57. The van der Waals surface area contributed by atoms with Gasteiger partial charge in [-0.1, -0.05) is 6.07 Å². The number of fused-ring (bicyclic) bond motifs is 3. The highest BCUT2D eigenvalue weighted by atomic mass is 19.4. The van der Waals surface area contributed by atoms with Gasteiger partial charge in [0.2, 0.25) is 5.88 Å². The molecule has 6 rings (SSSR count). The lowest BCUT2D eigenvalue weighted by Crippen LogP contribution is -2.55. The van der Waals surface area contributed by atoms with Crippen molar-refractivity contribution in [2.24, 2.45) is 0 Å². The van der Waals surface area contributed by atoms with Crippen molar-refractivity contribution < 1.29 is 40.6 Å². The highest BCUT2D eigenvalue weighted by molar-refractivity contribution is 5.92. The number of carbonyl (C=O) groups is 1. The van der Waals surface area contributed by atoms with E-state index in [9.17, 15) is 35.9 Å². The molecule has 0 aliphatic carbocycles. The lowest BCUT2D eigenvalue weighted by atomic mass is 10.1. The summed E-state index contributed by atoms with van der Waals surface area (Å²) in [6, 6.07) is 4.83. The van der Waals surface area contributed by atoms with E-state index in [4.69, 9.17) is 9.47 Å². The van der Waals surface area contributed by atoms with Crippen LogP contribution in [0.5, 0.6) is 11.6 Å². The van der Waals surface area contributed by atoms with Gasteiger partial charge in [0.1, 0.15) is 17.9 Å². The van der Waals surface area contributed by atoms with Gasteiger partial charge in [0.15, 0.2) is 11.6 Å². The number of hydrogen-bond acceptors (Lipinski definition) is 9. The molecule has 2 atom stereocenters. The molecule has 6 heterocycles. The van der Waals surface area contributed by atoms with E-state index in [-0.39, 0.29) is 67.8 Å². The molecule has 3 aliphatic heterocycles.